The highest BCUT2D eigenvalue weighted by atomic mass is 16.5. The molecule has 0 aromatic carbocycles. The Balaban J connectivity index is 1.98. The van der Waals surface area contributed by atoms with Crippen molar-refractivity contribution in [3.8, 4) is 0 Å². The molecule has 1 saturated heterocycles. The van der Waals surface area contributed by atoms with Crippen LogP contribution < -0.4 is 5.32 Å². The van der Waals surface area contributed by atoms with Crippen molar-refractivity contribution in [3.63, 3.8) is 0 Å². The molecule has 1 aliphatic heterocycles. The SMILES string of the molecule is C[C@@H]1OCC[C@@H]1C(=O)Nc1cnccn1. The molecule has 1 aromatic heterocycles. The molecular weight excluding hydrogens is 194 g/mol. The second-order valence-electron chi connectivity index (χ2n) is 3.55. The monoisotopic (exact) mass is 207 g/mol. The Morgan fingerprint density at radius 3 is 3.07 bits per heavy atom. The van der Waals surface area contributed by atoms with Gasteiger partial charge < -0.3 is 10.1 Å². The molecule has 0 aliphatic carbocycles. The van der Waals surface area contributed by atoms with Crippen LogP contribution >= 0.6 is 0 Å². The molecule has 0 radical (unpaired) electrons. The molecule has 0 saturated carbocycles. The van der Waals surface area contributed by atoms with Crippen LogP contribution in [0.3, 0.4) is 0 Å². The maximum atomic E-state index is 11.8. The van der Waals surface area contributed by atoms with Crippen LogP contribution in [0, 0.1) is 5.92 Å². The third kappa shape index (κ3) is 2.30. The van der Waals surface area contributed by atoms with E-state index < -0.39 is 0 Å². The standard InChI is InChI=1S/C10H13N3O2/c1-7-8(2-5-15-7)10(14)13-9-6-11-3-4-12-9/h3-4,6-8H,2,5H2,1H3,(H,12,13,14)/t7-,8-/m0/s1. The van der Waals surface area contributed by atoms with E-state index >= 15 is 0 Å². The van der Waals surface area contributed by atoms with Crippen molar-refractivity contribution >= 4 is 11.7 Å². The topological polar surface area (TPSA) is 64.1 Å². The van der Waals surface area contributed by atoms with E-state index in [0.717, 1.165) is 6.42 Å². The third-order valence-electron chi connectivity index (χ3n) is 2.53. The summed E-state index contributed by atoms with van der Waals surface area (Å²) in [6.07, 6.45) is 5.40. The molecule has 15 heavy (non-hydrogen) atoms. The van der Waals surface area contributed by atoms with E-state index in [4.69, 9.17) is 4.74 Å². The molecule has 2 rings (SSSR count). The molecule has 1 N–H and O–H groups in total. The van der Waals surface area contributed by atoms with Crippen molar-refractivity contribution in [1.82, 2.24) is 9.97 Å². The quantitative estimate of drug-likeness (QED) is 0.780. The van der Waals surface area contributed by atoms with E-state index in [1.165, 1.54) is 6.20 Å². The van der Waals surface area contributed by atoms with Gasteiger partial charge in [0, 0.05) is 19.0 Å². The van der Waals surface area contributed by atoms with Gasteiger partial charge in [-0.15, -0.1) is 0 Å². The maximum absolute atomic E-state index is 11.8. The predicted octanol–water partition coefficient (Wildman–Crippen LogP) is 0.840. The summed E-state index contributed by atoms with van der Waals surface area (Å²) < 4.78 is 5.33. The summed E-state index contributed by atoms with van der Waals surface area (Å²) in [7, 11) is 0. The Hall–Kier alpha value is -1.49. The number of anilines is 1. The van der Waals surface area contributed by atoms with E-state index in [1.54, 1.807) is 12.4 Å². The van der Waals surface area contributed by atoms with Crippen molar-refractivity contribution in [2.75, 3.05) is 11.9 Å². The molecule has 2 atom stereocenters. The van der Waals surface area contributed by atoms with Gasteiger partial charge in [-0.1, -0.05) is 0 Å². The Bertz CT molecular complexity index is 342. The lowest BCUT2D eigenvalue weighted by Gasteiger charge is -2.12. The number of aromatic nitrogens is 2. The van der Waals surface area contributed by atoms with Gasteiger partial charge in [0.1, 0.15) is 0 Å². The Morgan fingerprint density at radius 1 is 1.60 bits per heavy atom. The van der Waals surface area contributed by atoms with Crippen LogP contribution in [0.25, 0.3) is 0 Å². The summed E-state index contributed by atoms with van der Waals surface area (Å²) in [5, 5.41) is 2.72. The summed E-state index contributed by atoms with van der Waals surface area (Å²) in [5.74, 6) is 0.370. The minimum atomic E-state index is -0.0768. The van der Waals surface area contributed by atoms with Crippen LogP contribution in [0.5, 0.6) is 0 Å². The van der Waals surface area contributed by atoms with Crippen LogP contribution in [0.2, 0.25) is 0 Å². The molecule has 5 nitrogen and oxygen atoms in total. The second-order valence-corrected chi connectivity index (χ2v) is 3.55. The van der Waals surface area contributed by atoms with E-state index in [9.17, 15) is 4.79 Å². The fourth-order valence-corrected chi connectivity index (χ4v) is 1.66. The highest BCUT2D eigenvalue weighted by molar-refractivity contribution is 5.92. The lowest BCUT2D eigenvalue weighted by molar-refractivity contribution is -0.121. The lowest BCUT2D eigenvalue weighted by atomic mass is 10.0. The predicted molar refractivity (Wildman–Crippen MR) is 54.2 cm³/mol. The Morgan fingerprint density at radius 2 is 2.47 bits per heavy atom. The van der Waals surface area contributed by atoms with Crippen LogP contribution in [0.15, 0.2) is 18.6 Å². The van der Waals surface area contributed by atoms with Gasteiger partial charge in [0.2, 0.25) is 5.91 Å². The van der Waals surface area contributed by atoms with Gasteiger partial charge in [0.15, 0.2) is 5.82 Å². The molecule has 80 valence electrons. The Kier molecular flexibility index (Phi) is 2.91. The number of hydrogen-bond acceptors (Lipinski definition) is 4. The molecule has 0 spiro atoms. The van der Waals surface area contributed by atoms with E-state index in [0.29, 0.717) is 12.4 Å². The second kappa shape index (κ2) is 4.35. The van der Waals surface area contributed by atoms with Crippen molar-refractivity contribution < 1.29 is 9.53 Å². The maximum Gasteiger partial charge on any atom is 0.231 e. The molecule has 1 amide bonds. The summed E-state index contributed by atoms with van der Waals surface area (Å²) in [5.41, 5.74) is 0. The first kappa shape index (κ1) is 10.0. The molecule has 1 fully saturated rings. The zero-order valence-electron chi connectivity index (χ0n) is 8.51. The average molecular weight is 207 g/mol. The summed E-state index contributed by atoms with van der Waals surface area (Å²) in [4.78, 5) is 19.6. The van der Waals surface area contributed by atoms with Crippen LogP contribution in [-0.4, -0.2) is 28.6 Å². The molecule has 1 aromatic rings. The van der Waals surface area contributed by atoms with Crippen molar-refractivity contribution in [2.45, 2.75) is 19.4 Å². The number of amides is 1. The highest BCUT2D eigenvalue weighted by Gasteiger charge is 2.30. The number of carbonyl (C=O) groups is 1. The van der Waals surface area contributed by atoms with Gasteiger partial charge in [0.25, 0.3) is 0 Å². The third-order valence-corrected chi connectivity index (χ3v) is 2.53. The summed E-state index contributed by atoms with van der Waals surface area (Å²) >= 11 is 0. The number of ether oxygens (including phenoxy) is 1. The highest BCUT2D eigenvalue weighted by Crippen LogP contribution is 2.21. The largest absolute Gasteiger partial charge is 0.378 e. The lowest BCUT2D eigenvalue weighted by Crippen LogP contribution is -2.28. The molecule has 2 heterocycles. The van der Waals surface area contributed by atoms with Crippen LogP contribution in [-0.2, 0) is 9.53 Å². The normalized spacial score (nSPS) is 25.1. The molecular formula is C10H13N3O2. The number of hydrogen-bond donors (Lipinski definition) is 1. The first-order chi connectivity index (χ1) is 7.27. The summed E-state index contributed by atoms with van der Waals surface area (Å²) in [6.45, 7) is 2.56. The first-order valence-electron chi connectivity index (χ1n) is 4.96. The van der Waals surface area contributed by atoms with Crippen LogP contribution in [0.1, 0.15) is 13.3 Å². The summed E-state index contributed by atoms with van der Waals surface area (Å²) in [6, 6.07) is 0. The molecule has 0 bridgehead atoms. The number of nitrogens with one attached hydrogen (secondary N) is 1. The van der Waals surface area contributed by atoms with E-state index in [-0.39, 0.29) is 17.9 Å². The van der Waals surface area contributed by atoms with Gasteiger partial charge in [0.05, 0.1) is 18.2 Å². The van der Waals surface area contributed by atoms with Crippen molar-refractivity contribution in [2.24, 2.45) is 5.92 Å². The first-order valence-corrected chi connectivity index (χ1v) is 4.96. The van der Waals surface area contributed by atoms with Crippen molar-refractivity contribution in [3.05, 3.63) is 18.6 Å². The Labute approximate surface area is 87.9 Å². The van der Waals surface area contributed by atoms with Gasteiger partial charge in [-0.2, -0.15) is 0 Å². The van der Waals surface area contributed by atoms with Gasteiger partial charge in [-0.05, 0) is 13.3 Å². The van der Waals surface area contributed by atoms with E-state index in [2.05, 4.69) is 15.3 Å². The minimum Gasteiger partial charge on any atom is -0.378 e. The fourth-order valence-electron chi connectivity index (χ4n) is 1.66. The number of nitrogens with zero attached hydrogens (tertiary/aromatic N) is 2. The molecule has 5 heteroatoms. The number of rotatable bonds is 2. The van der Waals surface area contributed by atoms with Crippen molar-refractivity contribution in [1.29, 1.82) is 0 Å². The number of carbonyl (C=O) groups excluding carboxylic acids is 1. The smallest absolute Gasteiger partial charge is 0.231 e. The van der Waals surface area contributed by atoms with E-state index in [1.807, 2.05) is 6.92 Å². The molecule has 0 unspecified atom stereocenters. The zero-order valence-corrected chi connectivity index (χ0v) is 8.51. The van der Waals surface area contributed by atoms with Gasteiger partial charge >= 0.3 is 0 Å². The minimum absolute atomic E-state index is 0.0123. The zero-order chi connectivity index (χ0) is 10.7. The van der Waals surface area contributed by atoms with Gasteiger partial charge in [-0.3, -0.25) is 9.78 Å². The van der Waals surface area contributed by atoms with Gasteiger partial charge in [-0.25, -0.2) is 4.98 Å². The molecule has 1 aliphatic rings. The average Bonchev–Trinajstić information content (AvgIpc) is 2.66. The van der Waals surface area contributed by atoms with Crippen LogP contribution in [0.4, 0.5) is 5.82 Å². The fraction of sp³-hybridized carbons (Fsp3) is 0.500.